The number of nitrogens with zero attached hydrogens (tertiary/aromatic N) is 3. The molecule has 1 fully saturated rings. The highest BCUT2D eigenvalue weighted by Crippen LogP contribution is 2.31. The molecule has 7 heteroatoms. The van der Waals surface area contributed by atoms with Gasteiger partial charge in [-0.15, -0.1) is 0 Å². The third-order valence-corrected chi connectivity index (χ3v) is 4.85. The summed E-state index contributed by atoms with van der Waals surface area (Å²) in [7, 11) is 0. The maximum Gasteiger partial charge on any atom is 0.269 e. The molecule has 1 aromatic carbocycles. The molecule has 126 valence electrons. The molecule has 0 aliphatic carbocycles. The summed E-state index contributed by atoms with van der Waals surface area (Å²) in [6.07, 6.45) is -0.424. The van der Waals surface area contributed by atoms with Crippen molar-refractivity contribution in [1.82, 2.24) is 4.90 Å². The predicted octanol–water partition coefficient (Wildman–Crippen LogP) is 3.34. The van der Waals surface area contributed by atoms with Crippen molar-refractivity contribution in [2.75, 3.05) is 12.3 Å². The van der Waals surface area contributed by atoms with E-state index in [0.29, 0.717) is 5.92 Å². The number of aryl methyl sites for hydroxylation is 1. The van der Waals surface area contributed by atoms with Gasteiger partial charge in [-0.2, -0.15) is 0 Å². The van der Waals surface area contributed by atoms with E-state index in [1.165, 1.54) is 12.1 Å². The van der Waals surface area contributed by atoms with Crippen LogP contribution in [0, 0.1) is 23.0 Å². The fourth-order valence-corrected chi connectivity index (χ4v) is 3.88. The van der Waals surface area contributed by atoms with Crippen LogP contribution < -0.4 is 0 Å². The summed E-state index contributed by atoms with van der Waals surface area (Å²) in [5, 5.41) is 21.7. The normalized spacial score (nSPS) is 21.2. The minimum absolute atomic E-state index is 0.0551. The zero-order valence-electron chi connectivity index (χ0n) is 13.9. The number of nitro groups is 1. The number of nitro benzene ring substituents is 1. The molecule has 1 N–H and O–H groups in total. The second-order valence-corrected chi connectivity index (χ2v) is 7.27. The molecule has 0 unspecified atom stereocenters. The molecule has 0 bridgehead atoms. The molecule has 0 amide bonds. The number of non-ortho nitro benzene ring substituents is 1. The van der Waals surface area contributed by atoms with E-state index in [9.17, 15) is 15.2 Å². The number of aliphatic hydroxyl groups is 1. The van der Waals surface area contributed by atoms with Crippen molar-refractivity contribution in [3.63, 3.8) is 0 Å². The van der Waals surface area contributed by atoms with Crippen LogP contribution in [0.3, 0.4) is 0 Å². The van der Waals surface area contributed by atoms with Gasteiger partial charge in [0.15, 0.2) is 5.17 Å². The molecule has 0 aromatic heterocycles. The molecule has 6 nitrogen and oxygen atoms in total. The number of rotatable bonds is 5. The van der Waals surface area contributed by atoms with E-state index in [1.54, 1.807) is 24.8 Å². The van der Waals surface area contributed by atoms with Crippen LogP contribution in [0.1, 0.15) is 26.3 Å². The van der Waals surface area contributed by atoms with Crippen LogP contribution in [0.4, 0.5) is 11.4 Å². The zero-order valence-corrected chi connectivity index (χ0v) is 14.7. The Labute approximate surface area is 140 Å². The second-order valence-electron chi connectivity index (χ2n) is 6.29. The Hall–Kier alpha value is -1.60. The smallest absolute Gasteiger partial charge is 0.269 e. The van der Waals surface area contributed by atoms with Gasteiger partial charge in [-0.3, -0.25) is 10.1 Å². The van der Waals surface area contributed by atoms with Crippen molar-refractivity contribution in [2.45, 2.75) is 39.8 Å². The third kappa shape index (κ3) is 4.23. The van der Waals surface area contributed by atoms with Gasteiger partial charge in [0.25, 0.3) is 5.69 Å². The summed E-state index contributed by atoms with van der Waals surface area (Å²) < 4.78 is 0. The van der Waals surface area contributed by atoms with Crippen molar-refractivity contribution in [3.05, 3.63) is 33.9 Å². The maximum atomic E-state index is 10.8. The Bertz CT molecular complexity index is 617. The van der Waals surface area contributed by atoms with Crippen molar-refractivity contribution in [2.24, 2.45) is 10.9 Å². The van der Waals surface area contributed by atoms with Crippen LogP contribution in [0.5, 0.6) is 0 Å². The van der Waals surface area contributed by atoms with E-state index in [0.717, 1.165) is 28.7 Å². The van der Waals surface area contributed by atoms with E-state index >= 15 is 0 Å². The highest BCUT2D eigenvalue weighted by Gasteiger charge is 2.33. The van der Waals surface area contributed by atoms with Gasteiger partial charge in [-0.25, -0.2) is 4.99 Å². The molecule has 1 aliphatic heterocycles. The first-order valence-corrected chi connectivity index (χ1v) is 8.69. The summed E-state index contributed by atoms with van der Waals surface area (Å²) in [5.41, 5.74) is 1.59. The molecule has 1 aromatic rings. The van der Waals surface area contributed by atoms with E-state index in [-0.39, 0.29) is 11.7 Å². The quantitative estimate of drug-likeness (QED) is 0.658. The van der Waals surface area contributed by atoms with Crippen LogP contribution in [0.25, 0.3) is 0 Å². The molecule has 1 saturated heterocycles. The molecule has 1 aliphatic rings. The van der Waals surface area contributed by atoms with Gasteiger partial charge >= 0.3 is 0 Å². The Morgan fingerprint density at radius 2 is 2.17 bits per heavy atom. The first-order chi connectivity index (χ1) is 10.8. The minimum atomic E-state index is -0.424. The lowest BCUT2D eigenvalue weighted by Gasteiger charge is -2.29. The number of benzene rings is 1. The number of aliphatic hydroxyl groups excluding tert-OH is 1. The third-order valence-electron chi connectivity index (χ3n) is 3.76. The van der Waals surface area contributed by atoms with E-state index < -0.39 is 11.0 Å². The fraction of sp³-hybridized carbons (Fsp3) is 0.562. The van der Waals surface area contributed by atoms with Gasteiger partial charge < -0.3 is 10.0 Å². The van der Waals surface area contributed by atoms with Crippen molar-refractivity contribution >= 4 is 28.3 Å². The monoisotopic (exact) mass is 337 g/mol. The summed E-state index contributed by atoms with van der Waals surface area (Å²) in [6.45, 7) is 8.73. The van der Waals surface area contributed by atoms with Gasteiger partial charge in [-0.1, -0.05) is 25.6 Å². The molecule has 23 heavy (non-hydrogen) atoms. The van der Waals surface area contributed by atoms with Crippen LogP contribution in [-0.2, 0) is 0 Å². The number of aliphatic imine (C=N–C) groups is 1. The molecule has 0 saturated carbocycles. The van der Waals surface area contributed by atoms with Gasteiger partial charge in [0.2, 0.25) is 0 Å². The summed E-state index contributed by atoms with van der Waals surface area (Å²) >= 11 is 1.62. The van der Waals surface area contributed by atoms with Crippen molar-refractivity contribution in [1.29, 1.82) is 0 Å². The van der Waals surface area contributed by atoms with E-state index in [2.05, 4.69) is 18.7 Å². The fourth-order valence-electron chi connectivity index (χ4n) is 2.56. The largest absolute Gasteiger partial charge is 0.391 e. The van der Waals surface area contributed by atoms with Gasteiger partial charge in [0.05, 0.1) is 22.8 Å². The molecule has 0 radical (unpaired) electrons. The highest BCUT2D eigenvalue weighted by molar-refractivity contribution is 8.14. The Balaban J connectivity index is 2.31. The van der Waals surface area contributed by atoms with Crippen LogP contribution >= 0.6 is 11.8 Å². The van der Waals surface area contributed by atoms with Gasteiger partial charge in [0, 0.05) is 24.4 Å². The minimum Gasteiger partial charge on any atom is -0.391 e. The molecular weight excluding hydrogens is 314 g/mol. The molecule has 0 spiro atoms. The summed E-state index contributed by atoms with van der Waals surface area (Å²) in [4.78, 5) is 17.3. The SMILES string of the molecule is Cc1cc([N+](=O)[O-])ccc1N=C1SC[C@@H]([C@@H](C)O)N1CC(C)C. The summed E-state index contributed by atoms with van der Waals surface area (Å²) in [5.74, 6) is 1.26. The first-order valence-electron chi connectivity index (χ1n) is 7.70. The zero-order chi connectivity index (χ0) is 17.1. The second kappa shape index (κ2) is 7.31. The van der Waals surface area contributed by atoms with Crippen molar-refractivity contribution < 1.29 is 10.0 Å². The van der Waals surface area contributed by atoms with Crippen molar-refractivity contribution in [3.8, 4) is 0 Å². The number of hydrogen-bond donors (Lipinski definition) is 1. The topological polar surface area (TPSA) is 79.0 Å². The maximum absolute atomic E-state index is 10.8. The lowest BCUT2D eigenvalue weighted by molar-refractivity contribution is -0.384. The number of thioether (sulfide) groups is 1. The van der Waals surface area contributed by atoms with E-state index in [1.807, 2.05) is 6.92 Å². The lowest BCUT2D eigenvalue weighted by atomic mass is 10.1. The van der Waals surface area contributed by atoms with Crippen LogP contribution in [0.15, 0.2) is 23.2 Å². The Morgan fingerprint density at radius 3 is 2.70 bits per heavy atom. The molecule has 1 heterocycles. The van der Waals surface area contributed by atoms with Crippen LogP contribution in [-0.4, -0.2) is 44.5 Å². The Morgan fingerprint density at radius 1 is 1.48 bits per heavy atom. The first kappa shape index (κ1) is 17.7. The molecule has 2 atom stereocenters. The predicted molar refractivity (Wildman–Crippen MR) is 94.4 cm³/mol. The number of hydrogen-bond acceptors (Lipinski definition) is 5. The molecular formula is C16H23N3O3S. The Kier molecular flexibility index (Phi) is 5.64. The number of amidine groups is 1. The summed E-state index contributed by atoms with van der Waals surface area (Å²) in [6, 6.07) is 4.76. The van der Waals surface area contributed by atoms with E-state index in [4.69, 9.17) is 4.99 Å². The van der Waals surface area contributed by atoms with Gasteiger partial charge in [0.1, 0.15) is 0 Å². The average molecular weight is 337 g/mol. The molecule has 2 rings (SSSR count). The lowest BCUT2D eigenvalue weighted by Crippen LogP contribution is -2.43. The standard InChI is InChI=1S/C16H23N3O3S/c1-10(2)8-18-15(12(4)20)9-23-16(18)17-14-6-5-13(19(21)22)7-11(14)3/h5-7,10,12,15,20H,8-9H2,1-4H3/t12-,15+/m1/s1. The van der Waals surface area contributed by atoms with Crippen LogP contribution in [0.2, 0.25) is 0 Å². The highest BCUT2D eigenvalue weighted by atomic mass is 32.2. The average Bonchev–Trinajstić information content (AvgIpc) is 2.83. The van der Waals surface area contributed by atoms with Gasteiger partial charge in [-0.05, 0) is 31.4 Å².